The summed E-state index contributed by atoms with van der Waals surface area (Å²) in [6.07, 6.45) is 3.70. The van der Waals surface area contributed by atoms with Crippen LogP contribution in [0.25, 0.3) is 0 Å². The van der Waals surface area contributed by atoms with Crippen LogP contribution in [0.1, 0.15) is 79.1 Å². The zero-order valence-corrected chi connectivity index (χ0v) is 20.5. The number of aromatic nitrogens is 1. The maximum Gasteiger partial charge on any atom is 0.355 e. The van der Waals surface area contributed by atoms with Gasteiger partial charge in [0, 0.05) is 25.4 Å². The molecule has 1 fully saturated rings. The molecule has 1 aliphatic rings. The van der Waals surface area contributed by atoms with Crippen molar-refractivity contribution in [3.05, 3.63) is 22.5 Å². The van der Waals surface area contributed by atoms with E-state index in [1.807, 2.05) is 20.8 Å². The van der Waals surface area contributed by atoms with Gasteiger partial charge in [0.1, 0.15) is 11.3 Å². The topological polar surface area (TPSA) is 92.9 Å². The Balaban J connectivity index is 1.86. The van der Waals surface area contributed by atoms with E-state index in [0.717, 1.165) is 70.9 Å². The smallest absolute Gasteiger partial charge is 0.355 e. The summed E-state index contributed by atoms with van der Waals surface area (Å²) in [6, 6.07) is 0. The first-order valence-corrected chi connectivity index (χ1v) is 11.9. The molecule has 1 aromatic rings. The molecule has 32 heavy (non-hydrogen) atoms. The molecule has 0 amide bonds. The maximum absolute atomic E-state index is 12.6. The number of ether oxygens (including phenoxy) is 3. The van der Waals surface area contributed by atoms with E-state index < -0.39 is 17.5 Å². The van der Waals surface area contributed by atoms with Gasteiger partial charge >= 0.3 is 11.9 Å². The minimum Gasteiger partial charge on any atom is -0.462 e. The Labute approximate surface area is 192 Å². The van der Waals surface area contributed by atoms with Gasteiger partial charge < -0.3 is 29.4 Å². The Morgan fingerprint density at radius 1 is 1.12 bits per heavy atom. The summed E-state index contributed by atoms with van der Waals surface area (Å²) in [5.41, 5.74) is 1.49. The molecule has 0 bridgehead atoms. The fourth-order valence-corrected chi connectivity index (χ4v) is 3.82. The van der Waals surface area contributed by atoms with Gasteiger partial charge in [-0.05, 0) is 85.5 Å². The minimum atomic E-state index is -0.608. The van der Waals surface area contributed by atoms with Gasteiger partial charge in [0.15, 0.2) is 0 Å². The van der Waals surface area contributed by atoms with Gasteiger partial charge in [-0.2, -0.15) is 0 Å². The van der Waals surface area contributed by atoms with Crippen LogP contribution in [0.2, 0.25) is 0 Å². The lowest BCUT2D eigenvalue weighted by atomic mass is 10.1. The number of nitrogens with one attached hydrogen (secondary N) is 2. The van der Waals surface area contributed by atoms with Gasteiger partial charge in [-0.3, -0.25) is 0 Å². The molecule has 0 aliphatic carbocycles. The molecule has 1 saturated heterocycles. The Morgan fingerprint density at radius 3 is 2.59 bits per heavy atom. The van der Waals surface area contributed by atoms with Crippen molar-refractivity contribution >= 4 is 11.9 Å². The highest BCUT2D eigenvalue weighted by Crippen LogP contribution is 2.23. The molecular weight excluding hydrogens is 410 g/mol. The average molecular weight is 452 g/mol. The Morgan fingerprint density at radius 2 is 1.88 bits per heavy atom. The van der Waals surface area contributed by atoms with Crippen molar-refractivity contribution in [2.45, 2.75) is 65.9 Å². The number of hydrogen-bond acceptors (Lipinski definition) is 7. The minimum absolute atomic E-state index is 0.287. The number of carbonyl (C=O) groups excluding carboxylic acids is 2. The maximum atomic E-state index is 12.6. The molecule has 0 aromatic carbocycles. The van der Waals surface area contributed by atoms with E-state index in [1.54, 1.807) is 13.8 Å². The lowest BCUT2D eigenvalue weighted by Gasteiger charge is -2.19. The van der Waals surface area contributed by atoms with Crippen molar-refractivity contribution in [1.29, 1.82) is 0 Å². The summed E-state index contributed by atoms with van der Waals surface area (Å²) in [4.78, 5) is 30.7. The lowest BCUT2D eigenvalue weighted by molar-refractivity contribution is 0.00625. The number of hydrogen-bond donors (Lipinski definition) is 2. The van der Waals surface area contributed by atoms with Crippen LogP contribution in [0.5, 0.6) is 0 Å². The van der Waals surface area contributed by atoms with Crippen LogP contribution in [-0.4, -0.2) is 80.0 Å². The third-order valence-electron chi connectivity index (χ3n) is 5.33. The van der Waals surface area contributed by atoms with Crippen molar-refractivity contribution in [3.63, 3.8) is 0 Å². The number of carbonyl (C=O) groups is 2. The molecule has 2 heterocycles. The summed E-state index contributed by atoms with van der Waals surface area (Å²) in [5.74, 6) is -0.857. The second-order valence-electron chi connectivity index (χ2n) is 9.22. The average Bonchev–Trinajstić information content (AvgIpc) is 2.87. The van der Waals surface area contributed by atoms with Crippen LogP contribution in [0.3, 0.4) is 0 Å². The van der Waals surface area contributed by atoms with E-state index in [1.165, 1.54) is 0 Å². The number of esters is 2. The summed E-state index contributed by atoms with van der Waals surface area (Å²) in [6.45, 7) is 16.0. The number of rotatable bonds is 11. The van der Waals surface area contributed by atoms with Gasteiger partial charge in [0.2, 0.25) is 0 Å². The van der Waals surface area contributed by atoms with E-state index in [-0.39, 0.29) is 6.61 Å². The molecule has 8 nitrogen and oxygen atoms in total. The Kier molecular flexibility index (Phi) is 10.7. The summed E-state index contributed by atoms with van der Waals surface area (Å²) in [5, 5.41) is 3.48. The van der Waals surface area contributed by atoms with Gasteiger partial charge in [-0.15, -0.1) is 0 Å². The second-order valence-corrected chi connectivity index (χ2v) is 9.22. The Hall–Kier alpha value is -1.90. The van der Waals surface area contributed by atoms with Gasteiger partial charge in [-0.1, -0.05) is 0 Å². The molecule has 182 valence electrons. The van der Waals surface area contributed by atoms with Gasteiger partial charge in [0.25, 0.3) is 0 Å². The van der Waals surface area contributed by atoms with Crippen molar-refractivity contribution in [1.82, 2.24) is 15.2 Å². The second kappa shape index (κ2) is 13.0. The summed E-state index contributed by atoms with van der Waals surface area (Å²) < 4.78 is 16.2. The fourth-order valence-electron chi connectivity index (χ4n) is 3.82. The van der Waals surface area contributed by atoms with Crippen LogP contribution in [0, 0.1) is 6.92 Å². The monoisotopic (exact) mass is 451 g/mol. The molecule has 0 atom stereocenters. The van der Waals surface area contributed by atoms with Crippen LogP contribution in [0.15, 0.2) is 0 Å². The molecule has 2 N–H and O–H groups in total. The van der Waals surface area contributed by atoms with Crippen LogP contribution in [-0.2, 0) is 20.6 Å². The van der Waals surface area contributed by atoms with Crippen molar-refractivity contribution in [2.75, 3.05) is 52.5 Å². The molecule has 1 aromatic heterocycles. The molecule has 0 saturated carbocycles. The molecular formula is C24H41N3O5. The SMILES string of the molecule is CCOC(=O)c1c(CCCNCCCN2CCCOCC2)[nH]c(C(=O)OC(C)(C)C)c1C. The van der Waals surface area contributed by atoms with Crippen molar-refractivity contribution < 1.29 is 23.8 Å². The number of aryl methyl sites for hydroxylation is 1. The number of nitrogens with zero attached hydrogens (tertiary/aromatic N) is 1. The summed E-state index contributed by atoms with van der Waals surface area (Å²) in [7, 11) is 0. The first-order valence-electron chi connectivity index (χ1n) is 11.9. The first-order chi connectivity index (χ1) is 15.2. The van der Waals surface area contributed by atoms with Crippen LogP contribution >= 0.6 is 0 Å². The molecule has 2 rings (SSSR count). The summed E-state index contributed by atoms with van der Waals surface area (Å²) >= 11 is 0. The van der Waals surface area contributed by atoms with Gasteiger partial charge in [0.05, 0.1) is 18.8 Å². The number of aromatic amines is 1. The van der Waals surface area contributed by atoms with Crippen molar-refractivity contribution in [2.24, 2.45) is 0 Å². The first kappa shape index (κ1) is 26.4. The molecule has 0 spiro atoms. The fraction of sp³-hybridized carbons (Fsp3) is 0.750. The number of H-pyrrole nitrogens is 1. The zero-order chi connectivity index (χ0) is 23.6. The lowest BCUT2D eigenvalue weighted by Crippen LogP contribution is -2.30. The van der Waals surface area contributed by atoms with E-state index in [9.17, 15) is 9.59 Å². The van der Waals surface area contributed by atoms with Crippen LogP contribution in [0.4, 0.5) is 0 Å². The van der Waals surface area contributed by atoms with Crippen molar-refractivity contribution in [3.8, 4) is 0 Å². The Bertz CT molecular complexity index is 731. The third-order valence-corrected chi connectivity index (χ3v) is 5.33. The highest BCUT2D eigenvalue weighted by atomic mass is 16.6. The van der Waals surface area contributed by atoms with Gasteiger partial charge in [-0.25, -0.2) is 9.59 Å². The van der Waals surface area contributed by atoms with Crippen LogP contribution < -0.4 is 5.32 Å². The quantitative estimate of drug-likeness (QED) is 0.394. The third kappa shape index (κ3) is 8.56. The standard InChI is InChI=1S/C24H41N3O5/c1-6-31-22(28)20-18(2)21(23(29)32-24(3,4)5)26-19(20)10-7-11-25-12-8-13-27-14-9-16-30-17-15-27/h25-26H,6-17H2,1-5H3. The van der Waals surface area contributed by atoms with E-state index in [0.29, 0.717) is 23.2 Å². The zero-order valence-electron chi connectivity index (χ0n) is 20.5. The van der Waals surface area contributed by atoms with E-state index in [4.69, 9.17) is 14.2 Å². The molecule has 0 radical (unpaired) electrons. The molecule has 0 unspecified atom stereocenters. The van der Waals surface area contributed by atoms with E-state index >= 15 is 0 Å². The predicted molar refractivity (Wildman–Crippen MR) is 124 cm³/mol. The normalized spacial score (nSPS) is 15.4. The molecule has 8 heteroatoms. The largest absolute Gasteiger partial charge is 0.462 e. The molecule has 1 aliphatic heterocycles. The van der Waals surface area contributed by atoms with E-state index in [2.05, 4.69) is 15.2 Å². The highest BCUT2D eigenvalue weighted by Gasteiger charge is 2.27. The predicted octanol–water partition coefficient (Wildman–Crippen LogP) is 3.09. The highest BCUT2D eigenvalue weighted by molar-refractivity contribution is 5.98.